The molecule has 0 aliphatic heterocycles. The Morgan fingerprint density at radius 2 is 1.14 bits per heavy atom. The monoisotopic (exact) mass is 468 g/mol. The summed E-state index contributed by atoms with van der Waals surface area (Å²) < 4.78 is 10.9. The molecule has 0 radical (unpaired) electrons. The van der Waals surface area contributed by atoms with Crippen molar-refractivity contribution in [2.24, 2.45) is 0 Å². The van der Waals surface area contributed by atoms with E-state index in [2.05, 4.69) is 13.2 Å². The maximum absolute atomic E-state index is 12.5. The highest BCUT2D eigenvalue weighted by molar-refractivity contribution is 5.93. The van der Waals surface area contributed by atoms with Crippen LogP contribution in [0, 0.1) is 6.92 Å². The predicted molar refractivity (Wildman–Crippen MR) is 132 cm³/mol. The zero-order valence-corrected chi connectivity index (χ0v) is 19.3. The van der Waals surface area contributed by atoms with Crippen LogP contribution < -0.4 is 9.47 Å². The Kier molecular flexibility index (Phi) is 8.24. The van der Waals surface area contributed by atoms with Crippen LogP contribution in [0.25, 0.3) is 0 Å². The maximum atomic E-state index is 12.5. The predicted octanol–water partition coefficient (Wildman–Crippen LogP) is 5.03. The number of carbonyl (C=O) groups excluding carboxylic acids is 4. The van der Waals surface area contributed by atoms with E-state index < -0.39 is 11.9 Å². The summed E-state index contributed by atoms with van der Waals surface area (Å²) >= 11 is 0. The van der Waals surface area contributed by atoms with Crippen LogP contribution in [0.15, 0.2) is 92.0 Å². The molecule has 0 spiro atoms. The van der Waals surface area contributed by atoms with Gasteiger partial charge in [0.1, 0.15) is 11.5 Å². The molecule has 0 fully saturated rings. The fraction of sp³-hybridized carbons (Fsp3) is 0.103. The first-order chi connectivity index (χ1) is 16.8. The number of rotatable bonds is 10. The molecule has 0 N–H and O–H groups in total. The minimum absolute atomic E-state index is 0.103. The summed E-state index contributed by atoms with van der Waals surface area (Å²) in [4.78, 5) is 47.9. The molecule has 0 unspecified atom stereocenters. The highest BCUT2D eigenvalue weighted by atomic mass is 16.5. The third-order valence-electron chi connectivity index (χ3n) is 5.15. The molecule has 0 heterocycles. The molecule has 35 heavy (non-hydrogen) atoms. The van der Waals surface area contributed by atoms with E-state index in [0.29, 0.717) is 28.2 Å². The average molecular weight is 469 g/mol. The first-order valence-electron chi connectivity index (χ1n) is 10.8. The second-order valence-corrected chi connectivity index (χ2v) is 7.79. The summed E-state index contributed by atoms with van der Waals surface area (Å²) in [6.07, 6.45) is 2.96. The molecule has 0 aromatic heterocycles. The van der Waals surface area contributed by atoms with Gasteiger partial charge in [-0.3, -0.25) is 9.59 Å². The van der Waals surface area contributed by atoms with E-state index in [0.717, 1.165) is 11.1 Å². The molecule has 3 aromatic rings. The number of esters is 2. The van der Waals surface area contributed by atoms with E-state index in [1.54, 1.807) is 67.6 Å². The van der Waals surface area contributed by atoms with Gasteiger partial charge in [0, 0.05) is 12.8 Å². The van der Waals surface area contributed by atoms with Crippen molar-refractivity contribution in [3.8, 4) is 11.5 Å². The summed E-state index contributed by atoms with van der Waals surface area (Å²) in [5.74, 6) is -0.672. The van der Waals surface area contributed by atoms with Crippen LogP contribution in [-0.2, 0) is 22.4 Å². The van der Waals surface area contributed by atoms with Crippen LogP contribution in [0.2, 0.25) is 0 Å². The third-order valence-corrected chi connectivity index (χ3v) is 5.15. The van der Waals surface area contributed by atoms with Gasteiger partial charge >= 0.3 is 11.9 Å². The smallest absolute Gasteiger partial charge is 0.343 e. The molecule has 3 rings (SSSR count). The second-order valence-electron chi connectivity index (χ2n) is 7.79. The van der Waals surface area contributed by atoms with E-state index in [1.165, 1.54) is 18.2 Å². The lowest BCUT2D eigenvalue weighted by atomic mass is 10.1. The quantitative estimate of drug-likeness (QED) is 0.236. The van der Waals surface area contributed by atoms with Gasteiger partial charge in [0.05, 0.1) is 11.1 Å². The molecule has 6 nitrogen and oxygen atoms in total. The molecule has 0 bridgehead atoms. The molecule has 0 aliphatic carbocycles. The van der Waals surface area contributed by atoms with Gasteiger partial charge in [0.15, 0.2) is 11.6 Å². The van der Waals surface area contributed by atoms with Crippen LogP contribution >= 0.6 is 0 Å². The van der Waals surface area contributed by atoms with Gasteiger partial charge < -0.3 is 9.47 Å². The average Bonchev–Trinajstić information content (AvgIpc) is 2.86. The molecule has 0 saturated heterocycles. The van der Waals surface area contributed by atoms with Crippen LogP contribution in [0.4, 0.5) is 0 Å². The first-order valence-corrected chi connectivity index (χ1v) is 10.8. The van der Waals surface area contributed by atoms with Crippen molar-refractivity contribution in [1.29, 1.82) is 0 Å². The number of ether oxygens (including phenoxy) is 2. The molecule has 176 valence electrons. The normalized spacial score (nSPS) is 10.2. The van der Waals surface area contributed by atoms with Crippen molar-refractivity contribution in [2.75, 3.05) is 0 Å². The van der Waals surface area contributed by atoms with E-state index in [1.807, 2.05) is 0 Å². The lowest BCUT2D eigenvalue weighted by Crippen LogP contribution is -2.11. The summed E-state index contributed by atoms with van der Waals surface area (Å²) in [7, 11) is 0. The van der Waals surface area contributed by atoms with E-state index >= 15 is 0 Å². The lowest BCUT2D eigenvalue weighted by Gasteiger charge is -2.10. The Balaban J connectivity index is 1.62. The molecule has 0 atom stereocenters. The van der Waals surface area contributed by atoms with Crippen molar-refractivity contribution in [3.63, 3.8) is 0 Å². The Labute approximate surface area is 203 Å². The Hall–Kier alpha value is -4.58. The first kappa shape index (κ1) is 25.1. The highest BCUT2D eigenvalue weighted by Crippen LogP contribution is 2.25. The van der Waals surface area contributed by atoms with Gasteiger partial charge in [0.25, 0.3) is 0 Å². The van der Waals surface area contributed by atoms with Crippen molar-refractivity contribution in [2.45, 2.75) is 19.8 Å². The van der Waals surface area contributed by atoms with E-state index in [4.69, 9.17) is 9.47 Å². The van der Waals surface area contributed by atoms with E-state index in [9.17, 15) is 19.2 Å². The lowest BCUT2D eigenvalue weighted by molar-refractivity contribution is -0.114. The number of benzene rings is 3. The Bertz CT molecular complexity index is 1280. The zero-order valence-electron chi connectivity index (χ0n) is 19.3. The SMILES string of the molecule is C=CC(=O)Cc1ccc(C(=O)Oc2ccc(OC(=O)c3ccc(CC(=O)C=C)cc3)c(C)c2)cc1. The van der Waals surface area contributed by atoms with Crippen molar-refractivity contribution < 1.29 is 28.7 Å². The molecule has 0 amide bonds. The number of hydrogen-bond donors (Lipinski definition) is 0. The minimum atomic E-state index is -0.550. The van der Waals surface area contributed by atoms with Crippen molar-refractivity contribution >= 4 is 23.5 Å². The van der Waals surface area contributed by atoms with Crippen LogP contribution in [0.3, 0.4) is 0 Å². The molecule has 0 saturated carbocycles. The standard InChI is InChI=1S/C29H24O6/c1-4-24(30)17-20-6-10-22(11-7-20)28(32)34-26-14-15-27(19(3)16-26)35-29(33)23-12-8-21(9-13-23)18-25(31)5-2/h4-16H,1-2,17-18H2,3H3. The zero-order chi connectivity index (χ0) is 25.4. The molecule has 0 aliphatic rings. The number of carbonyl (C=O) groups is 4. The summed E-state index contributed by atoms with van der Waals surface area (Å²) in [5, 5.41) is 0. The van der Waals surface area contributed by atoms with Crippen LogP contribution in [0.1, 0.15) is 37.4 Å². The van der Waals surface area contributed by atoms with Crippen LogP contribution in [0.5, 0.6) is 11.5 Å². The third kappa shape index (κ3) is 6.95. The highest BCUT2D eigenvalue weighted by Gasteiger charge is 2.14. The van der Waals surface area contributed by atoms with Gasteiger partial charge in [-0.25, -0.2) is 9.59 Å². The summed E-state index contributed by atoms with van der Waals surface area (Å²) in [5.41, 5.74) is 2.83. The minimum Gasteiger partial charge on any atom is -0.423 e. The Morgan fingerprint density at radius 3 is 1.57 bits per heavy atom. The number of hydrogen-bond acceptors (Lipinski definition) is 6. The van der Waals surface area contributed by atoms with Crippen molar-refractivity contribution in [1.82, 2.24) is 0 Å². The van der Waals surface area contributed by atoms with Gasteiger partial charge in [-0.1, -0.05) is 37.4 Å². The fourth-order valence-electron chi connectivity index (χ4n) is 3.19. The molecular weight excluding hydrogens is 444 g/mol. The van der Waals surface area contributed by atoms with Gasteiger partial charge in [-0.2, -0.15) is 0 Å². The maximum Gasteiger partial charge on any atom is 0.343 e. The van der Waals surface area contributed by atoms with Crippen molar-refractivity contribution in [3.05, 3.63) is 120 Å². The number of aryl methyl sites for hydroxylation is 1. The topological polar surface area (TPSA) is 86.7 Å². The number of ketones is 2. The summed E-state index contributed by atoms with van der Waals surface area (Å²) in [6, 6.07) is 17.8. The largest absolute Gasteiger partial charge is 0.423 e. The summed E-state index contributed by atoms with van der Waals surface area (Å²) in [6.45, 7) is 8.62. The van der Waals surface area contributed by atoms with Crippen LogP contribution in [-0.4, -0.2) is 23.5 Å². The van der Waals surface area contributed by atoms with Gasteiger partial charge in [0.2, 0.25) is 0 Å². The fourth-order valence-corrected chi connectivity index (χ4v) is 3.19. The molecule has 3 aromatic carbocycles. The Morgan fingerprint density at radius 1 is 0.686 bits per heavy atom. The van der Waals surface area contributed by atoms with Gasteiger partial charge in [-0.05, 0) is 78.2 Å². The van der Waals surface area contributed by atoms with Gasteiger partial charge in [-0.15, -0.1) is 0 Å². The number of allylic oxidation sites excluding steroid dienone is 2. The molecule has 6 heteroatoms. The van der Waals surface area contributed by atoms with E-state index in [-0.39, 0.29) is 24.4 Å². The second kappa shape index (κ2) is 11.5. The molecular formula is C29H24O6.